The Morgan fingerprint density at radius 2 is 2.04 bits per heavy atom. The van der Waals surface area contributed by atoms with Crippen LogP contribution >= 0.6 is 0 Å². The van der Waals surface area contributed by atoms with Crippen LogP contribution in [-0.2, 0) is 16.6 Å². The maximum Gasteiger partial charge on any atom is 0.251 e. The van der Waals surface area contributed by atoms with Crippen LogP contribution in [0.15, 0.2) is 41.4 Å². The summed E-state index contributed by atoms with van der Waals surface area (Å²) in [6.07, 6.45) is 1.60. The highest BCUT2D eigenvalue weighted by Crippen LogP contribution is 2.17. The molecular weight excluding hydrogens is 330 g/mol. The van der Waals surface area contributed by atoms with Crippen molar-refractivity contribution in [1.29, 1.82) is 0 Å². The van der Waals surface area contributed by atoms with Gasteiger partial charge in [-0.1, -0.05) is 12.1 Å². The van der Waals surface area contributed by atoms with Gasteiger partial charge in [-0.3, -0.25) is 4.79 Å². The number of carbonyl (C=O) groups is 1. The van der Waals surface area contributed by atoms with Crippen LogP contribution in [-0.4, -0.2) is 33.5 Å². The van der Waals surface area contributed by atoms with Crippen molar-refractivity contribution in [2.24, 2.45) is 0 Å². The Bertz CT molecular complexity index is 850. The van der Waals surface area contributed by atoms with E-state index < -0.39 is 10.0 Å². The van der Waals surface area contributed by atoms with Gasteiger partial charge in [0, 0.05) is 23.9 Å². The summed E-state index contributed by atoms with van der Waals surface area (Å²) in [4.78, 5) is 16.5. The molecule has 1 amide bonds. The van der Waals surface area contributed by atoms with Gasteiger partial charge in [-0.15, -0.1) is 0 Å². The summed E-state index contributed by atoms with van der Waals surface area (Å²) in [6, 6.07) is 7.96. The van der Waals surface area contributed by atoms with E-state index in [0.29, 0.717) is 17.0 Å². The van der Waals surface area contributed by atoms with Crippen LogP contribution in [0.2, 0.25) is 0 Å². The number of nitrogens with one attached hydrogen (secondary N) is 2. The zero-order valence-corrected chi connectivity index (χ0v) is 14.5. The average Bonchev–Trinajstić information content (AvgIpc) is 2.60. The number of ether oxygens (including phenoxy) is 1. The summed E-state index contributed by atoms with van der Waals surface area (Å²) in [5, 5.41) is 2.75. The maximum atomic E-state index is 12.4. The lowest BCUT2D eigenvalue weighted by Crippen LogP contribution is -2.25. The predicted molar refractivity (Wildman–Crippen MR) is 89.4 cm³/mol. The zero-order chi connectivity index (χ0) is 17.7. The van der Waals surface area contributed by atoms with E-state index in [1.165, 1.54) is 26.3 Å². The molecule has 0 saturated heterocycles. The van der Waals surface area contributed by atoms with E-state index in [4.69, 9.17) is 4.74 Å². The topological polar surface area (TPSA) is 97.4 Å². The fourth-order valence-electron chi connectivity index (χ4n) is 2.14. The molecule has 1 heterocycles. The lowest BCUT2D eigenvalue weighted by atomic mass is 10.1. The molecule has 2 aromatic rings. The number of pyridine rings is 1. The standard InChI is InChI=1S/C16H19N3O4S/c1-11-6-7-13(24(21,22)17-2)9-14(11)15(20)19-10-12-5-4-8-18-16(12)23-3/h4-9,17H,10H2,1-3H3,(H,19,20). The number of benzene rings is 1. The molecule has 2 N–H and O–H groups in total. The molecule has 0 aliphatic rings. The zero-order valence-electron chi connectivity index (χ0n) is 13.7. The van der Waals surface area contributed by atoms with Crippen molar-refractivity contribution >= 4 is 15.9 Å². The van der Waals surface area contributed by atoms with Gasteiger partial charge < -0.3 is 10.1 Å². The van der Waals surface area contributed by atoms with Crippen molar-refractivity contribution in [2.45, 2.75) is 18.4 Å². The van der Waals surface area contributed by atoms with Gasteiger partial charge in [-0.2, -0.15) is 0 Å². The van der Waals surface area contributed by atoms with E-state index in [9.17, 15) is 13.2 Å². The number of aromatic nitrogens is 1. The largest absolute Gasteiger partial charge is 0.481 e. The van der Waals surface area contributed by atoms with Crippen LogP contribution in [0, 0.1) is 6.92 Å². The third-order valence-electron chi connectivity index (χ3n) is 3.52. The first-order chi connectivity index (χ1) is 11.4. The monoisotopic (exact) mass is 349 g/mol. The number of aryl methyl sites for hydroxylation is 1. The average molecular weight is 349 g/mol. The first kappa shape index (κ1) is 17.9. The predicted octanol–water partition coefficient (Wildman–Crippen LogP) is 1.24. The van der Waals surface area contributed by atoms with Gasteiger partial charge in [0.25, 0.3) is 5.91 Å². The fourth-order valence-corrected chi connectivity index (χ4v) is 2.90. The molecule has 0 saturated carbocycles. The Labute approximate surface area is 141 Å². The number of carbonyl (C=O) groups excluding carboxylic acids is 1. The number of hydrogen-bond donors (Lipinski definition) is 2. The first-order valence-electron chi connectivity index (χ1n) is 7.19. The van der Waals surface area contributed by atoms with Gasteiger partial charge in [0.1, 0.15) is 0 Å². The molecule has 0 spiro atoms. The minimum atomic E-state index is -3.61. The van der Waals surface area contributed by atoms with Crippen molar-refractivity contribution < 1.29 is 17.9 Å². The van der Waals surface area contributed by atoms with Crippen LogP contribution in [0.4, 0.5) is 0 Å². The summed E-state index contributed by atoms with van der Waals surface area (Å²) < 4.78 is 31.1. The third kappa shape index (κ3) is 3.90. The Hall–Kier alpha value is -2.45. The molecular formula is C16H19N3O4S. The molecule has 0 aliphatic heterocycles. The van der Waals surface area contributed by atoms with Gasteiger partial charge in [0.2, 0.25) is 15.9 Å². The van der Waals surface area contributed by atoms with E-state index >= 15 is 0 Å². The van der Waals surface area contributed by atoms with E-state index in [1.807, 2.05) is 0 Å². The molecule has 0 radical (unpaired) electrons. The number of sulfonamides is 1. The van der Waals surface area contributed by atoms with Crippen LogP contribution in [0.5, 0.6) is 5.88 Å². The number of nitrogens with zero attached hydrogens (tertiary/aromatic N) is 1. The molecule has 1 aromatic heterocycles. The minimum Gasteiger partial charge on any atom is -0.481 e. The normalized spacial score (nSPS) is 11.1. The highest BCUT2D eigenvalue weighted by molar-refractivity contribution is 7.89. The van der Waals surface area contributed by atoms with Crippen LogP contribution in [0.3, 0.4) is 0 Å². The molecule has 1 aromatic carbocycles. The number of rotatable bonds is 6. The lowest BCUT2D eigenvalue weighted by molar-refractivity contribution is 0.0950. The van der Waals surface area contributed by atoms with Gasteiger partial charge >= 0.3 is 0 Å². The molecule has 7 nitrogen and oxygen atoms in total. The van der Waals surface area contributed by atoms with Crippen molar-refractivity contribution in [3.05, 3.63) is 53.2 Å². The summed E-state index contributed by atoms with van der Waals surface area (Å²) in [5.41, 5.74) is 1.71. The van der Waals surface area contributed by atoms with Gasteiger partial charge in [0.15, 0.2) is 0 Å². The van der Waals surface area contributed by atoms with Gasteiger partial charge in [0.05, 0.1) is 12.0 Å². The van der Waals surface area contributed by atoms with Crippen molar-refractivity contribution in [3.63, 3.8) is 0 Å². The third-order valence-corrected chi connectivity index (χ3v) is 4.93. The first-order valence-corrected chi connectivity index (χ1v) is 8.67. The molecule has 128 valence electrons. The number of hydrogen-bond acceptors (Lipinski definition) is 5. The molecule has 24 heavy (non-hydrogen) atoms. The lowest BCUT2D eigenvalue weighted by Gasteiger charge is -2.11. The highest BCUT2D eigenvalue weighted by atomic mass is 32.2. The van der Waals surface area contributed by atoms with Crippen LogP contribution in [0.1, 0.15) is 21.5 Å². The molecule has 0 unspecified atom stereocenters. The minimum absolute atomic E-state index is 0.0414. The molecule has 0 fully saturated rings. The molecule has 0 aliphatic carbocycles. The smallest absolute Gasteiger partial charge is 0.251 e. The second-order valence-electron chi connectivity index (χ2n) is 5.04. The Kier molecular flexibility index (Phi) is 5.53. The van der Waals surface area contributed by atoms with Gasteiger partial charge in [-0.25, -0.2) is 18.1 Å². The fraction of sp³-hybridized carbons (Fsp3) is 0.250. The molecule has 2 rings (SSSR count). The summed E-state index contributed by atoms with van der Waals surface area (Å²) in [5.74, 6) is 0.0626. The Morgan fingerprint density at radius 1 is 1.29 bits per heavy atom. The van der Waals surface area contributed by atoms with E-state index in [2.05, 4.69) is 15.0 Å². The summed E-state index contributed by atoms with van der Waals surface area (Å²) >= 11 is 0. The van der Waals surface area contributed by atoms with Crippen molar-refractivity contribution in [1.82, 2.24) is 15.0 Å². The van der Waals surface area contributed by atoms with Gasteiger partial charge in [-0.05, 0) is 37.7 Å². The molecule has 0 atom stereocenters. The van der Waals surface area contributed by atoms with Crippen molar-refractivity contribution in [3.8, 4) is 5.88 Å². The Balaban J connectivity index is 2.22. The summed E-state index contributed by atoms with van der Waals surface area (Å²) in [7, 11) is -0.782. The van der Waals surface area contributed by atoms with Crippen LogP contribution in [0.25, 0.3) is 0 Å². The summed E-state index contributed by atoms with van der Waals surface area (Å²) in [6.45, 7) is 1.97. The highest BCUT2D eigenvalue weighted by Gasteiger charge is 2.16. The number of methoxy groups -OCH3 is 1. The quantitative estimate of drug-likeness (QED) is 0.818. The molecule has 8 heteroatoms. The van der Waals surface area contributed by atoms with E-state index in [-0.39, 0.29) is 17.3 Å². The second-order valence-corrected chi connectivity index (χ2v) is 6.93. The Morgan fingerprint density at radius 3 is 2.71 bits per heavy atom. The van der Waals surface area contributed by atoms with E-state index in [0.717, 1.165) is 5.56 Å². The SMILES string of the molecule is CNS(=O)(=O)c1ccc(C)c(C(=O)NCc2cccnc2OC)c1. The number of amides is 1. The second kappa shape index (κ2) is 7.41. The molecule has 0 bridgehead atoms. The maximum absolute atomic E-state index is 12.4. The van der Waals surface area contributed by atoms with Crippen molar-refractivity contribution in [2.75, 3.05) is 14.2 Å². The van der Waals surface area contributed by atoms with Crippen LogP contribution < -0.4 is 14.8 Å². The van der Waals surface area contributed by atoms with E-state index in [1.54, 1.807) is 31.3 Å².